The standard InChI is InChI=1S/C9H12O3S/c1-7-3-4-8(13-7)9(10)12-6-5-11-2/h3-4H,5-6H2,1-2H3. The summed E-state index contributed by atoms with van der Waals surface area (Å²) < 4.78 is 9.69. The summed E-state index contributed by atoms with van der Waals surface area (Å²) in [5.74, 6) is -0.268. The molecule has 0 fully saturated rings. The van der Waals surface area contributed by atoms with Crippen LogP contribution in [0.25, 0.3) is 0 Å². The summed E-state index contributed by atoms with van der Waals surface area (Å²) >= 11 is 1.44. The van der Waals surface area contributed by atoms with Gasteiger partial charge in [-0.05, 0) is 19.1 Å². The molecule has 4 heteroatoms. The highest BCUT2D eigenvalue weighted by Crippen LogP contribution is 2.15. The highest BCUT2D eigenvalue weighted by molar-refractivity contribution is 7.13. The SMILES string of the molecule is COCCOC(=O)c1ccc(C)s1. The third-order valence-corrected chi connectivity index (χ3v) is 2.44. The van der Waals surface area contributed by atoms with E-state index in [4.69, 9.17) is 9.47 Å². The normalized spacial score (nSPS) is 10.0. The molecule has 0 aliphatic carbocycles. The predicted molar refractivity (Wildman–Crippen MR) is 51.2 cm³/mol. The number of hydrogen-bond donors (Lipinski definition) is 0. The third kappa shape index (κ3) is 3.16. The maximum absolute atomic E-state index is 11.3. The molecule has 0 aliphatic rings. The Kier molecular flexibility index (Phi) is 3.92. The molecule has 0 radical (unpaired) electrons. The number of carbonyl (C=O) groups is 1. The number of rotatable bonds is 4. The molecule has 0 unspecified atom stereocenters. The zero-order valence-electron chi connectivity index (χ0n) is 7.70. The van der Waals surface area contributed by atoms with Crippen molar-refractivity contribution in [2.24, 2.45) is 0 Å². The molecule has 0 amide bonds. The van der Waals surface area contributed by atoms with Gasteiger partial charge in [0.15, 0.2) is 0 Å². The molecule has 0 saturated heterocycles. The van der Waals surface area contributed by atoms with E-state index in [9.17, 15) is 4.79 Å². The Labute approximate surface area is 81.3 Å². The van der Waals surface area contributed by atoms with Crippen LogP contribution >= 0.6 is 11.3 Å². The van der Waals surface area contributed by atoms with Crippen molar-refractivity contribution in [2.75, 3.05) is 20.3 Å². The van der Waals surface area contributed by atoms with Crippen LogP contribution in [0.3, 0.4) is 0 Å². The van der Waals surface area contributed by atoms with Gasteiger partial charge in [-0.25, -0.2) is 4.79 Å². The van der Waals surface area contributed by atoms with Crippen molar-refractivity contribution < 1.29 is 14.3 Å². The van der Waals surface area contributed by atoms with Crippen LogP contribution in [0.5, 0.6) is 0 Å². The lowest BCUT2D eigenvalue weighted by Gasteiger charge is -2.00. The third-order valence-electron chi connectivity index (χ3n) is 1.46. The van der Waals surface area contributed by atoms with E-state index in [1.165, 1.54) is 11.3 Å². The van der Waals surface area contributed by atoms with Crippen molar-refractivity contribution in [1.29, 1.82) is 0 Å². The minimum Gasteiger partial charge on any atom is -0.459 e. The van der Waals surface area contributed by atoms with Gasteiger partial charge in [0.2, 0.25) is 0 Å². The Morgan fingerprint density at radius 2 is 2.23 bits per heavy atom. The van der Waals surface area contributed by atoms with E-state index in [2.05, 4.69) is 0 Å². The molecule has 3 nitrogen and oxygen atoms in total. The van der Waals surface area contributed by atoms with Gasteiger partial charge in [-0.15, -0.1) is 11.3 Å². The van der Waals surface area contributed by atoms with Crippen LogP contribution in [0.2, 0.25) is 0 Å². The molecule has 0 N–H and O–H groups in total. The first kappa shape index (κ1) is 10.2. The lowest BCUT2D eigenvalue weighted by molar-refractivity contribution is 0.0393. The molecule has 1 aromatic rings. The molecule has 0 atom stereocenters. The highest BCUT2D eigenvalue weighted by atomic mass is 32.1. The van der Waals surface area contributed by atoms with Gasteiger partial charge in [-0.3, -0.25) is 0 Å². The van der Waals surface area contributed by atoms with Gasteiger partial charge < -0.3 is 9.47 Å². The Hall–Kier alpha value is -0.870. The van der Waals surface area contributed by atoms with Crippen LogP contribution in [-0.4, -0.2) is 26.3 Å². The summed E-state index contributed by atoms with van der Waals surface area (Å²) in [6.45, 7) is 2.71. The Balaban J connectivity index is 2.40. The van der Waals surface area contributed by atoms with Crippen molar-refractivity contribution >= 4 is 17.3 Å². The van der Waals surface area contributed by atoms with Crippen LogP contribution in [0, 0.1) is 6.92 Å². The Morgan fingerprint density at radius 3 is 2.77 bits per heavy atom. The molecule has 0 aromatic carbocycles. The zero-order chi connectivity index (χ0) is 9.68. The second kappa shape index (κ2) is 4.99. The number of ether oxygens (including phenoxy) is 2. The maximum atomic E-state index is 11.3. The number of hydrogen-bond acceptors (Lipinski definition) is 4. The van der Waals surface area contributed by atoms with Gasteiger partial charge in [-0.1, -0.05) is 0 Å². The average Bonchev–Trinajstić information content (AvgIpc) is 2.52. The van der Waals surface area contributed by atoms with Gasteiger partial charge in [-0.2, -0.15) is 0 Å². The fourth-order valence-electron chi connectivity index (χ4n) is 0.833. The quantitative estimate of drug-likeness (QED) is 0.549. The molecule has 1 rings (SSSR count). The molecule has 0 aliphatic heterocycles. The fraction of sp³-hybridized carbons (Fsp3) is 0.444. The lowest BCUT2D eigenvalue weighted by Crippen LogP contribution is -2.08. The van der Waals surface area contributed by atoms with Crippen molar-refractivity contribution in [2.45, 2.75) is 6.92 Å². The smallest absolute Gasteiger partial charge is 0.348 e. The minimum atomic E-state index is -0.268. The second-order valence-corrected chi connectivity index (χ2v) is 3.83. The summed E-state index contributed by atoms with van der Waals surface area (Å²) in [6, 6.07) is 3.67. The van der Waals surface area contributed by atoms with Gasteiger partial charge in [0.25, 0.3) is 0 Å². The number of methoxy groups -OCH3 is 1. The fourth-order valence-corrected chi connectivity index (χ4v) is 1.59. The van der Waals surface area contributed by atoms with E-state index in [0.717, 1.165) is 4.88 Å². The Morgan fingerprint density at radius 1 is 1.46 bits per heavy atom. The first-order valence-electron chi connectivity index (χ1n) is 3.96. The van der Waals surface area contributed by atoms with Crippen LogP contribution in [0.1, 0.15) is 14.5 Å². The molecule has 1 heterocycles. The lowest BCUT2D eigenvalue weighted by atomic mass is 10.4. The van der Waals surface area contributed by atoms with Crippen molar-refractivity contribution in [3.63, 3.8) is 0 Å². The summed E-state index contributed by atoms with van der Waals surface area (Å²) in [6.07, 6.45) is 0. The molecule has 0 spiro atoms. The van der Waals surface area contributed by atoms with E-state index in [1.54, 1.807) is 13.2 Å². The van der Waals surface area contributed by atoms with Crippen LogP contribution < -0.4 is 0 Å². The zero-order valence-corrected chi connectivity index (χ0v) is 8.52. The number of aryl methyl sites for hydroxylation is 1. The van der Waals surface area contributed by atoms with Crippen LogP contribution in [0.15, 0.2) is 12.1 Å². The average molecular weight is 200 g/mol. The van der Waals surface area contributed by atoms with E-state index in [0.29, 0.717) is 18.1 Å². The second-order valence-electron chi connectivity index (χ2n) is 2.54. The van der Waals surface area contributed by atoms with Crippen molar-refractivity contribution in [3.05, 3.63) is 21.9 Å². The van der Waals surface area contributed by atoms with Crippen molar-refractivity contribution in [1.82, 2.24) is 0 Å². The van der Waals surface area contributed by atoms with E-state index in [-0.39, 0.29) is 5.97 Å². The number of thiophene rings is 1. The molecular formula is C9H12O3S. The maximum Gasteiger partial charge on any atom is 0.348 e. The van der Waals surface area contributed by atoms with Gasteiger partial charge in [0.1, 0.15) is 11.5 Å². The highest BCUT2D eigenvalue weighted by Gasteiger charge is 2.08. The van der Waals surface area contributed by atoms with E-state index < -0.39 is 0 Å². The Bertz CT molecular complexity index is 280. The monoisotopic (exact) mass is 200 g/mol. The number of carbonyl (C=O) groups excluding carboxylic acids is 1. The summed E-state index contributed by atoms with van der Waals surface area (Å²) in [7, 11) is 1.57. The molecule has 72 valence electrons. The molecular weight excluding hydrogens is 188 g/mol. The molecule has 13 heavy (non-hydrogen) atoms. The first-order chi connectivity index (χ1) is 6.24. The van der Waals surface area contributed by atoms with Crippen LogP contribution in [-0.2, 0) is 9.47 Å². The predicted octanol–water partition coefficient (Wildman–Crippen LogP) is 1.86. The van der Waals surface area contributed by atoms with Gasteiger partial charge >= 0.3 is 5.97 Å². The molecule has 0 saturated carbocycles. The summed E-state index contributed by atoms with van der Waals surface area (Å²) in [5.41, 5.74) is 0. The molecule has 1 aromatic heterocycles. The van der Waals surface area contributed by atoms with Gasteiger partial charge in [0, 0.05) is 12.0 Å². The molecule has 0 bridgehead atoms. The van der Waals surface area contributed by atoms with Crippen molar-refractivity contribution in [3.8, 4) is 0 Å². The number of esters is 1. The summed E-state index contributed by atoms with van der Waals surface area (Å²) in [4.78, 5) is 13.0. The summed E-state index contributed by atoms with van der Waals surface area (Å²) in [5, 5.41) is 0. The van der Waals surface area contributed by atoms with E-state index >= 15 is 0 Å². The first-order valence-corrected chi connectivity index (χ1v) is 4.78. The van der Waals surface area contributed by atoms with Gasteiger partial charge in [0.05, 0.1) is 6.61 Å². The van der Waals surface area contributed by atoms with E-state index in [1.807, 2.05) is 13.0 Å². The minimum absolute atomic E-state index is 0.268. The van der Waals surface area contributed by atoms with Crippen LogP contribution in [0.4, 0.5) is 0 Å². The topological polar surface area (TPSA) is 35.5 Å². The largest absolute Gasteiger partial charge is 0.459 e.